The molecule has 0 radical (unpaired) electrons. The molecule has 1 unspecified atom stereocenters. The maximum absolute atomic E-state index is 3.91. The van der Waals surface area contributed by atoms with Crippen LogP contribution in [0.3, 0.4) is 0 Å². The van der Waals surface area contributed by atoms with Gasteiger partial charge < -0.3 is 5.32 Å². The van der Waals surface area contributed by atoms with E-state index in [-0.39, 0.29) is 0 Å². The molecular weight excluding hydrogens is 328 g/mol. The van der Waals surface area contributed by atoms with E-state index in [1.807, 2.05) is 5.57 Å². The standard InChI is InChI=1S/C25H42N2/c1-18-10-13-25-19(2)11-12-24(14-22(18)25,23(25,3)4)17-27-16-21(27)15-26-20-8-6-5-7-9-20/h19-21,26H,5-17H2,1-4H3/t19-,21-,24+,25-,27?/m1/s1. The van der Waals surface area contributed by atoms with E-state index in [0.717, 1.165) is 18.0 Å². The van der Waals surface area contributed by atoms with E-state index in [2.05, 4.69) is 37.9 Å². The van der Waals surface area contributed by atoms with Crippen LogP contribution in [0.5, 0.6) is 0 Å². The number of nitrogens with one attached hydrogen (secondary N) is 1. The van der Waals surface area contributed by atoms with Crippen molar-refractivity contribution in [2.45, 2.75) is 104 Å². The highest BCUT2D eigenvalue weighted by Crippen LogP contribution is 2.77. The Balaban J connectivity index is 1.28. The maximum Gasteiger partial charge on any atom is 0.0349 e. The Bertz CT molecular complexity index is 628. The van der Waals surface area contributed by atoms with Crippen molar-refractivity contribution in [3.63, 3.8) is 0 Å². The molecule has 152 valence electrons. The van der Waals surface area contributed by atoms with Crippen molar-refractivity contribution in [2.24, 2.45) is 22.2 Å². The van der Waals surface area contributed by atoms with Crippen LogP contribution in [-0.2, 0) is 0 Å². The van der Waals surface area contributed by atoms with Crippen molar-refractivity contribution in [1.29, 1.82) is 0 Å². The van der Waals surface area contributed by atoms with Gasteiger partial charge in [0.2, 0.25) is 0 Å². The van der Waals surface area contributed by atoms with Crippen LogP contribution in [0.25, 0.3) is 0 Å². The van der Waals surface area contributed by atoms with E-state index in [9.17, 15) is 0 Å². The molecule has 0 amide bonds. The summed E-state index contributed by atoms with van der Waals surface area (Å²) >= 11 is 0. The summed E-state index contributed by atoms with van der Waals surface area (Å²) in [6, 6.07) is 1.64. The molecule has 5 aliphatic rings. The second-order valence-corrected chi connectivity index (χ2v) is 11.6. The summed E-state index contributed by atoms with van der Waals surface area (Å²) in [5, 5.41) is 3.91. The van der Waals surface area contributed by atoms with Crippen LogP contribution in [0.15, 0.2) is 11.1 Å². The Labute approximate surface area is 167 Å². The molecule has 4 fully saturated rings. The summed E-state index contributed by atoms with van der Waals surface area (Å²) in [6.45, 7) is 14.3. The largest absolute Gasteiger partial charge is 0.312 e. The van der Waals surface area contributed by atoms with Crippen LogP contribution in [-0.4, -0.2) is 36.6 Å². The Morgan fingerprint density at radius 3 is 2.63 bits per heavy atom. The van der Waals surface area contributed by atoms with Gasteiger partial charge in [-0.25, -0.2) is 0 Å². The molecule has 5 rings (SSSR count). The highest BCUT2D eigenvalue weighted by Gasteiger charge is 2.70. The third-order valence-corrected chi connectivity index (χ3v) is 10.4. The second kappa shape index (κ2) is 6.33. The number of allylic oxidation sites excluding steroid dienone is 2. The van der Waals surface area contributed by atoms with Crippen molar-refractivity contribution in [1.82, 2.24) is 10.2 Å². The molecule has 1 saturated heterocycles. The molecule has 1 aliphatic heterocycles. The van der Waals surface area contributed by atoms with Gasteiger partial charge >= 0.3 is 0 Å². The summed E-state index contributed by atoms with van der Waals surface area (Å²) in [5.74, 6) is 0.883. The normalized spacial score (nSPS) is 46.0. The molecule has 5 atom stereocenters. The SMILES string of the molecule is CC1=C2C[C@]3(CN4C[C@H]4CNC4CCCCC4)CC[C@@H](C)[C@@]2(CC1)C3(C)C. The zero-order valence-electron chi connectivity index (χ0n) is 18.4. The number of hydrogen-bond acceptors (Lipinski definition) is 2. The fraction of sp³-hybridized carbons (Fsp3) is 0.920. The average Bonchev–Trinajstić information content (AvgIpc) is 3.29. The number of rotatable bonds is 5. The lowest BCUT2D eigenvalue weighted by Crippen LogP contribution is -2.53. The lowest BCUT2D eigenvalue weighted by Gasteiger charge is -2.57. The van der Waals surface area contributed by atoms with Crippen molar-refractivity contribution >= 4 is 0 Å². The molecule has 1 heterocycles. The van der Waals surface area contributed by atoms with Gasteiger partial charge in [-0.05, 0) is 68.6 Å². The van der Waals surface area contributed by atoms with Crippen LogP contribution in [0.2, 0.25) is 0 Å². The smallest absolute Gasteiger partial charge is 0.0349 e. The third kappa shape index (κ3) is 2.58. The predicted molar refractivity (Wildman–Crippen MR) is 114 cm³/mol. The van der Waals surface area contributed by atoms with Gasteiger partial charge in [0, 0.05) is 37.1 Å². The minimum absolute atomic E-state index is 0.467. The first-order valence-electron chi connectivity index (χ1n) is 12.1. The summed E-state index contributed by atoms with van der Waals surface area (Å²) in [5.41, 5.74) is 5.21. The zero-order valence-corrected chi connectivity index (χ0v) is 18.4. The quantitative estimate of drug-likeness (QED) is 0.505. The van der Waals surface area contributed by atoms with Gasteiger partial charge in [0.1, 0.15) is 0 Å². The molecule has 27 heavy (non-hydrogen) atoms. The van der Waals surface area contributed by atoms with Crippen molar-refractivity contribution in [2.75, 3.05) is 19.6 Å². The van der Waals surface area contributed by atoms with Crippen LogP contribution >= 0.6 is 0 Å². The van der Waals surface area contributed by atoms with E-state index in [4.69, 9.17) is 0 Å². The van der Waals surface area contributed by atoms with Gasteiger partial charge in [0.05, 0.1) is 0 Å². The Morgan fingerprint density at radius 2 is 1.85 bits per heavy atom. The molecular formula is C25H42N2. The van der Waals surface area contributed by atoms with Crippen molar-refractivity contribution < 1.29 is 0 Å². The molecule has 0 aromatic heterocycles. The average molecular weight is 371 g/mol. The molecule has 4 aliphatic carbocycles. The highest BCUT2D eigenvalue weighted by molar-refractivity contribution is 5.40. The lowest BCUT2D eigenvalue weighted by atomic mass is 9.48. The van der Waals surface area contributed by atoms with Gasteiger partial charge in [-0.2, -0.15) is 0 Å². The van der Waals surface area contributed by atoms with Crippen LogP contribution in [0.4, 0.5) is 0 Å². The van der Waals surface area contributed by atoms with Gasteiger partial charge in [-0.3, -0.25) is 4.90 Å². The van der Waals surface area contributed by atoms with Crippen LogP contribution in [0, 0.1) is 22.2 Å². The Morgan fingerprint density at radius 1 is 1.07 bits per heavy atom. The van der Waals surface area contributed by atoms with Crippen molar-refractivity contribution in [3.8, 4) is 0 Å². The molecule has 3 saturated carbocycles. The summed E-state index contributed by atoms with van der Waals surface area (Å²) in [6.07, 6.45) is 14.3. The van der Waals surface area contributed by atoms with Gasteiger partial charge in [0.15, 0.2) is 0 Å². The van der Waals surface area contributed by atoms with Crippen LogP contribution < -0.4 is 5.32 Å². The second-order valence-electron chi connectivity index (χ2n) is 11.6. The molecule has 2 nitrogen and oxygen atoms in total. The van der Waals surface area contributed by atoms with E-state index >= 15 is 0 Å². The third-order valence-electron chi connectivity index (χ3n) is 10.4. The first-order chi connectivity index (χ1) is 12.9. The lowest BCUT2D eigenvalue weighted by molar-refractivity contribution is -0.0777. The Kier molecular flexibility index (Phi) is 4.38. The fourth-order valence-electron chi connectivity index (χ4n) is 8.34. The molecule has 0 aromatic rings. The molecule has 2 bridgehead atoms. The monoisotopic (exact) mass is 370 g/mol. The van der Waals surface area contributed by atoms with E-state index in [1.165, 1.54) is 83.8 Å². The van der Waals surface area contributed by atoms with Crippen molar-refractivity contribution in [3.05, 3.63) is 11.1 Å². The number of nitrogens with zero attached hydrogens (tertiary/aromatic N) is 1. The summed E-state index contributed by atoms with van der Waals surface area (Å²) in [4.78, 5) is 2.83. The van der Waals surface area contributed by atoms with Gasteiger partial charge in [0.25, 0.3) is 0 Å². The van der Waals surface area contributed by atoms with Gasteiger partial charge in [-0.1, -0.05) is 51.2 Å². The summed E-state index contributed by atoms with van der Waals surface area (Å²) < 4.78 is 0. The Hall–Kier alpha value is -0.340. The van der Waals surface area contributed by atoms with Gasteiger partial charge in [-0.15, -0.1) is 0 Å². The molecule has 1 spiro atoms. The number of fused-ring (bicyclic) bond motifs is 1. The first-order valence-corrected chi connectivity index (χ1v) is 12.1. The van der Waals surface area contributed by atoms with E-state index < -0.39 is 0 Å². The summed E-state index contributed by atoms with van der Waals surface area (Å²) in [7, 11) is 0. The molecule has 1 N–H and O–H groups in total. The van der Waals surface area contributed by atoms with Crippen LogP contribution in [0.1, 0.15) is 91.9 Å². The van der Waals surface area contributed by atoms with E-state index in [0.29, 0.717) is 16.2 Å². The molecule has 2 heteroatoms. The topological polar surface area (TPSA) is 15.0 Å². The molecule has 0 aromatic carbocycles. The minimum atomic E-state index is 0.467. The minimum Gasteiger partial charge on any atom is -0.312 e. The number of hydrogen-bond donors (Lipinski definition) is 1. The first kappa shape index (κ1) is 18.7. The highest BCUT2D eigenvalue weighted by atomic mass is 15.3. The fourth-order valence-corrected chi connectivity index (χ4v) is 8.34. The van der Waals surface area contributed by atoms with E-state index in [1.54, 1.807) is 5.57 Å². The predicted octanol–water partition coefficient (Wildman–Crippen LogP) is 5.54. The maximum atomic E-state index is 3.91. The zero-order chi connectivity index (χ0) is 18.9.